The van der Waals surface area contributed by atoms with Gasteiger partial charge in [-0.05, 0) is 74.2 Å². The number of amides is 2. The van der Waals surface area contributed by atoms with Crippen LogP contribution in [-0.2, 0) is 15.2 Å². The Hall–Kier alpha value is -4.10. The average Bonchev–Trinajstić information content (AvgIpc) is 3.10. The fourth-order valence-electron chi connectivity index (χ4n) is 4.22. The molecule has 0 atom stereocenters. The molecule has 3 N–H and O–H groups in total. The summed E-state index contributed by atoms with van der Waals surface area (Å²) in [4.78, 5) is 49.4. The first-order valence-corrected chi connectivity index (χ1v) is 13.4. The quantitative estimate of drug-likeness (QED) is 0.339. The third-order valence-electron chi connectivity index (χ3n) is 7.18. The largest absolute Gasteiger partial charge is 0.370 e. The number of carbonyl (C=O) groups excluding carboxylic acids is 4. The van der Waals surface area contributed by atoms with Gasteiger partial charge in [0.1, 0.15) is 0 Å². The summed E-state index contributed by atoms with van der Waals surface area (Å²) < 4.78 is 0. The van der Waals surface area contributed by atoms with E-state index in [0.717, 1.165) is 16.8 Å². The summed E-state index contributed by atoms with van der Waals surface area (Å²) in [5.74, 6) is -1.78. The molecular weight excluding hydrogens is 504 g/mol. The standard InChI is InChI=1S/C21H21NO4.C12H17NO/c1-11(2)20(25)22-17-10-13(4)12(3)9-16(17)21(26)18(23)14-7-5-6-8-15(14)19(21)24;1-8(2)12(14)13-11-6-5-9(3)10(4)7-11/h5-11,26H,1-4H3,(H,22,25);5-8H,1-4H3,(H,13,14). The van der Waals surface area contributed by atoms with E-state index in [-0.39, 0.29) is 46.0 Å². The van der Waals surface area contributed by atoms with Gasteiger partial charge in [-0.1, -0.05) is 58.0 Å². The Morgan fingerprint density at radius 3 is 1.65 bits per heavy atom. The topological polar surface area (TPSA) is 113 Å². The van der Waals surface area contributed by atoms with Gasteiger partial charge in [0.25, 0.3) is 0 Å². The van der Waals surface area contributed by atoms with Gasteiger partial charge in [-0.25, -0.2) is 0 Å². The number of benzene rings is 3. The summed E-state index contributed by atoms with van der Waals surface area (Å²) in [5.41, 5.74) is 3.47. The molecule has 0 heterocycles. The van der Waals surface area contributed by atoms with Gasteiger partial charge in [-0.15, -0.1) is 0 Å². The molecule has 2 amide bonds. The normalized spacial score (nSPS) is 13.6. The Morgan fingerprint density at radius 1 is 0.675 bits per heavy atom. The number of hydrogen-bond acceptors (Lipinski definition) is 5. The lowest BCUT2D eigenvalue weighted by molar-refractivity contribution is -0.119. The van der Waals surface area contributed by atoms with Gasteiger partial charge in [-0.3, -0.25) is 19.2 Å². The zero-order valence-electron chi connectivity index (χ0n) is 24.4. The Balaban J connectivity index is 0.000000267. The van der Waals surface area contributed by atoms with E-state index in [0.29, 0.717) is 0 Å². The van der Waals surface area contributed by atoms with Crippen molar-refractivity contribution >= 4 is 34.8 Å². The SMILES string of the molecule is Cc1cc(NC(=O)C(C)C)c(C2(O)C(=O)c3ccccc3C2=O)cc1C.Cc1ccc(NC(=O)C(C)C)cc1C. The average molecular weight is 543 g/mol. The highest BCUT2D eigenvalue weighted by molar-refractivity contribution is 6.32. The molecule has 7 heteroatoms. The zero-order chi connectivity index (χ0) is 29.9. The third-order valence-corrected chi connectivity index (χ3v) is 7.18. The molecule has 0 saturated carbocycles. The van der Waals surface area contributed by atoms with Crippen molar-refractivity contribution in [3.63, 3.8) is 0 Å². The van der Waals surface area contributed by atoms with Crippen LogP contribution >= 0.6 is 0 Å². The predicted octanol–water partition coefficient (Wildman–Crippen LogP) is 6.06. The maximum absolute atomic E-state index is 12.9. The lowest BCUT2D eigenvalue weighted by Gasteiger charge is -2.25. The van der Waals surface area contributed by atoms with Crippen LogP contribution in [0.2, 0.25) is 0 Å². The van der Waals surface area contributed by atoms with Gasteiger partial charge >= 0.3 is 0 Å². The summed E-state index contributed by atoms with van der Waals surface area (Å²) in [6.45, 7) is 15.0. The second-order valence-electron chi connectivity index (χ2n) is 11.0. The summed E-state index contributed by atoms with van der Waals surface area (Å²) in [6.07, 6.45) is 0. The van der Waals surface area contributed by atoms with E-state index in [1.165, 1.54) is 23.3 Å². The number of rotatable bonds is 5. The summed E-state index contributed by atoms with van der Waals surface area (Å²) in [6, 6.07) is 15.6. The molecule has 210 valence electrons. The molecule has 0 unspecified atom stereocenters. The molecular formula is C33H38N2O5. The molecule has 0 spiro atoms. The van der Waals surface area contributed by atoms with Crippen LogP contribution in [0.5, 0.6) is 0 Å². The van der Waals surface area contributed by atoms with Crippen molar-refractivity contribution in [2.45, 2.75) is 61.0 Å². The number of aryl methyl sites for hydroxylation is 4. The minimum atomic E-state index is -2.33. The second-order valence-corrected chi connectivity index (χ2v) is 11.0. The third kappa shape index (κ3) is 6.05. The summed E-state index contributed by atoms with van der Waals surface area (Å²) >= 11 is 0. The van der Waals surface area contributed by atoms with Crippen molar-refractivity contribution in [2.75, 3.05) is 10.6 Å². The highest BCUT2D eigenvalue weighted by Gasteiger charge is 2.54. The van der Waals surface area contributed by atoms with E-state index in [2.05, 4.69) is 17.6 Å². The number of hydrogen-bond donors (Lipinski definition) is 3. The molecule has 0 aliphatic heterocycles. The van der Waals surface area contributed by atoms with Gasteiger partial charge in [-0.2, -0.15) is 0 Å². The first kappa shape index (κ1) is 30.4. The summed E-state index contributed by atoms with van der Waals surface area (Å²) in [7, 11) is 0. The molecule has 3 aromatic carbocycles. The number of ketones is 2. The van der Waals surface area contributed by atoms with Crippen molar-refractivity contribution in [3.05, 3.63) is 93.5 Å². The maximum atomic E-state index is 12.9. The van der Waals surface area contributed by atoms with Gasteiger partial charge in [0.05, 0.1) is 0 Å². The molecule has 0 radical (unpaired) electrons. The molecule has 0 saturated heterocycles. The maximum Gasteiger partial charge on any atom is 0.226 e. The fraction of sp³-hybridized carbons (Fsp3) is 0.333. The number of Topliss-reactive ketones (excluding diaryl/α,β-unsaturated/α-hetero) is 2. The van der Waals surface area contributed by atoms with E-state index in [9.17, 15) is 24.3 Å². The van der Waals surface area contributed by atoms with E-state index >= 15 is 0 Å². The molecule has 7 nitrogen and oxygen atoms in total. The molecule has 40 heavy (non-hydrogen) atoms. The summed E-state index contributed by atoms with van der Waals surface area (Å²) in [5, 5.41) is 16.8. The molecule has 3 aromatic rings. The number of fused-ring (bicyclic) bond motifs is 1. The van der Waals surface area contributed by atoms with E-state index in [1.807, 2.05) is 52.8 Å². The van der Waals surface area contributed by atoms with Crippen LogP contribution < -0.4 is 10.6 Å². The minimum Gasteiger partial charge on any atom is -0.370 e. The predicted molar refractivity (Wildman–Crippen MR) is 158 cm³/mol. The number of nitrogens with one attached hydrogen (secondary N) is 2. The van der Waals surface area contributed by atoms with Crippen LogP contribution in [-0.4, -0.2) is 28.5 Å². The van der Waals surface area contributed by atoms with Crippen LogP contribution in [0, 0.1) is 39.5 Å². The van der Waals surface area contributed by atoms with Crippen LogP contribution in [0.1, 0.15) is 76.2 Å². The molecule has 0 bridgehead atoms. The number of aliphatic hydroxyl groups is 1. The number of carbonyl (C=O) groups is 4. The monoisotopic (exact) mass is 542 g/mol. The molecule has 4 rings (SSSR count). The smallest absolute Gasteiger partial charge is 0.226 e. The molecule has 1 aliphatic carbocycles. The molecule has 1 aliphatic rings. The van der Waals surface area contributed by atoms with Gasteiger partial charge in [0, 0.05) is 39.9 Å². The highest BCUT2D eigenvalue weighted by Crippen LogP contribution is 2.41. The van der Waals surface area contributed by atoms with Gasteiger partial charge < -0.3 is 15.7 Å². The molecule has 0 aromatic heterocycles. The van der Waals surface area contributed by atoms with Crippen LogP contribution in [0.4, 0.5) is 11.4 Å². The Labute approximate surface area is 236 Å². The molecule has 0 fully saturated rings. The zero-order valence-corrected chi connectivity index (χ0v) is 24.4. The van der Waals surface area contributed by atoms with Crippen molar-refractivity contribution in [2.24, 2.45) is 11.8 Å². The van der Waals surface area contributed by atoms with Crippen LogP contribution in [0.25, 0.3) is 0 Å². The van der Waals surface area contributed by atoms with Gasteiger partial charge in [0.2, 0.25) is 29.0 Å². The first-order valence-electron chi connectivity index (χ1n) is 13.4. The van der Waals surface area contributed by atoms with Crippen molar-refractivity contribution in [3.8, 4) is 0 Å². The minimum absolute atomic E-state index is 0.0246. The van der Waals surface area contributed by atoms with Crippen molar-refractivity contribution in [1.29, 1.82) is 0 Å². The Morgan fingerprint density at radius 2 is 1.15 bits per heavy atom. The van der Waals surface area contributed by atoms with Gasteiger partial charge in [0.15, 0.2) is 0 Å². The Kier molecular flexibility index (Phi) is 9.10. The fourth-order valence-corrected chi connectivity index (χ4v) is 4.22. The Bertz CT molecular complexity index is 1450. The second kappa shape index (κ2) is 12.0. The van der Waals surface area contributed by atoms with E-state index < -0.39 is 17.2 Å². The van der Waals surface area contributed by atoms with Crippen LogP contribution in [0.15, 0.2) is 54.6 Å². The van der Waals surface area contributed by atoms with E-state index in [4.69, 9.17) is 0 Å². The lowest BCUT2D eigenvalue weighted by Crippen LogP contribution is -2.39. The van der Waals surface area contributed by atoms with Crippen molar-refractivity contribution < 1.29 is 24.3 Å². The van der Waals surface area contributed by atoms with Crippen molar-refractivity contribution in [1.82, 2.24) is 0 Å². The first-order chi connectivity index (χ1) is 18.7. The van der Waals surface area contributed by atoms with E-state index in [1.54, 1.807) is 38.1 Å². The lowest BCUT2D eigenvalue weighted by atomic mass is 9.85. The number of anilines is 2. The van der Waals surface area contributed by atoms with Crippen LogP contribution in [0.3, 0.4) is 0 Å². The highest BCUT2D eigenvalue weighted by atomic mass is 16.3.